The fourth-order valence-electron chi connectivity index (χ4n) is 1.71. The molecule has 0 aliphatic heterocycles. The topological polar surface area (TPSA) is 46.5 Å². The van der Waals surface area contributed by atoms with Crippen molar-refractivity contribution in [2.75, 3.05) is 7.11 Å². The van der Waals surface area contributed by atoms with Crippen LogP contribution in [0.4, 0.5) is 0 Å². The fraction of sp³-hybridized carbons (Fsp3) is 0.417. The number of hydrogen-bond donors (Lipinski definition) is 1. The number of aryl methyl sites for hydroxylation is 1. The van der Waals surface area contributed by atoms with E-state index in [0.717, 1.165) is 16.7 Å². The number of ether oxygens (including phenoxy) is 1. The Morgan fingerprint density at radius 1 is 1.50 bits per heavy atom. The predicted molar refractivity (Wildman–Crippen MR) is 63.5 cm³/mol. The van der Waals surface area contributed by atoms with Crippen LogP contribution < -0.4 is 4.74 Å². The third-order valence-electron chi connectivity index (χ3n) is 2.73. The van der Waals surface area contributed by atoms with Crippen molar-refractivity contribution in [3.05, 3.63) is 27.8 Å². The summed E-state index contributed by atoms with van der Waals surface area (Å²) in [4.78, 5) is 11.0. The van der Waals surface area contributed by atoms with Crippen molar-refractivity contribution in [2.45, 2.75) is 26.7 Å². The normalized spacial score (nSPS) is 12.3. The Morgan fingerprint density at radius 2 is 2.06 bits per heavy atom. The summed E-state index contributed by atoms with van der Waals surface area (Å²) in [5, 5.41) is 9.49. The average Bonchev–Trinajstić information content (AvgIpc) is 2.23. The second-order valence-electron chi connectivity index (χ2n) is 3.81. The molecule has 0 radical (unpaired) electrons. The van der Waals surface area contributed by atoms with Crippen LogP contribution in [0.3, 0.4) is 0 Å². The molecule has 0 heterocycles. The molecule has 88 valence electrons. The molecule has 1 unspecified atom stereocenters. The number of carboxylic acid groups (broad SMARTS) is 1. The van der Waals surface area contributed by atoms with Crippen molar-refractivity contribution < 1.29 is 14.6 Å². The van der Waals surface area contributed by atoms with E-state index in [-0.39, 0.29) is 0 Å². The molecule has 0 amide bonds. The van der Waals surface area contributed by atoms with Crippen LogP contribution in [0.1, 0.15) is 29.5 Å². The van der Waals surface area contributed by atoms with Gasteiger partial charge in [-0.2, -0.15) is 0 Å². The second-order valence-corrected chi connectivity index (χ2v) is 4.19. The van der Waals surface area contributed by atoms with Gasteiger partial charge in [0, 0.05) is 0 Å². The van der Waals surface area contributed by atoms with Gasteiger partial charge in [-0.15, -0.1) is 0 Å². The molecule has 1 aromatic carbocycles. The molecule has 0 aliphatic carbocycles. The highest BCUT2D eigenvalue weighted by molar-refractivity contribution is 6.33. The van der Waals surface area contributed by atoms with E-state index in [1.54, 1.807) is 21.0 Å². The van der Waals surface area contributed by atoms with Crippen LogP contribution in [0.25, 0.3) is 0 Å². The Balaban J connectivity index is 3.39. The van der Waals surface area contributed by atoms with Gasteiger partial charge in [-0.05, 0) is 37.5 Å². The summed E-state index contributed by atoms with van der Waals surface area (Å²) >= 11 is 6.13. The van der Waals surface area contributed by atoms with Crippen molar-refractivity contribution in [1.29, 1.82) is 0 Å². The van der Waals surface area contributed by atoms with E-state index in [2.05, 4.69) is 0 Å². The van der Waals surface area contributed by atoms with Gasteiger partial charge >= 0.3 is 5.97 Å². The van der Waals surface area contributed by atoms with Gasteiger partial charge in [0.25, 0.3) is 0 Å². The molecule has 4 heteroatoms. The highest BCUT2D eigenvalue weighted by Gasteiger charge is 2.20. The average molecular weight is 243 g/mol. The number of benzene rings is 1. The SMILES string of the molecule is COc1c(C)cc(C(C)C(=O)O)c(C)c1Cl. The van der Waals surface area contributed by atoms with Gasteiger partial charge in [0.05, 0.1) is 18.1 Å². The first kappa shape index (κ1) is 12.8. The molecule has 0 fully saturated rings. The van der Waals surface area contributed by atoms with E-state index in [1.807, 2.05) is 13.0 Å². The summed E-state index contributed by atoms with van der Waals surface area (Å²) in [5.41, 5.74) is 2.34. The Labute approximate surface area is 100.0 Å². The van der Waals surface area contributed by atoms with Gasteiger partial charge in [-0.1, -0.05) is 17.7 Å². The van der Waals surface area contributed by atoms with Crippen LogP contribution >= 0.6 is 11.6 Å². The molecule has 0 saturated heterocycles. The maximum atomic E-state index is 11.0. The maximum Gasteiger partial charge on any atom is 0.310 e. The second kappa shape index (κ2) is 4.74. The molecule has 0 aliphatic rings. The number of halogens is 1. The number of rotatable bonds is 3. The van der Waals surface area contributed by atoms with Crippen molar-refractivity contribution >= 4 is 17.6 Å². The lowest BCUT2D eigenvalue weighted by molar-refractivity contribution is -0.138. The van der Waals surface area contributed by atoms with Crippen molar-refractivity contribution in [3.8, 4) is 5.75 Å². The van der Waals surface area contributed by atoms with Gasteiger partial charge in [-0.25, -0.2) is 0 Å². The zero-order chi connectivity index (χ0) is 12.5. The number of aliphatic carboxylic acids is 1. The molecular formula is C12H15ClO3. The van der Waals surface area contributed by atoms with Gasteiger partial charge < -0.3 is 9.84 Å². The first-order chi connectivity index (χ1) is 7.40. The minimum absolute atomic E-state index is 0.491. The minimum atomic E-state index is -0.858. The lowest BCUT2D eigenvalue weighted by Crippen LogP contribution is -2.10. The van der Waals surface area contributed by atoms with Gasteiger partial charge in [0.15, 0.2) is 0 Å². The van der Waals surface area contributed by atoms with Crippen LogP contribution in [0, 0.1) is 13.8 Å². The molecule has 16 heavy (non-hydrogen) atoms. The largest absolute Gasteiger partial charge is 0.495 e. The Kier molecular flexibility index (Phi) is 3.81. The van der Waals surface area contributed by atoms with Crippen molar-refractivity contribution in [3.63, 3.8) is 0 Å². The number of methoxy groups -OCH3 is 1. The predicted octanol–water partition coefficient (Wildman–Crippen LogP) is 3.15. The lowest BCUT2D eigenvalue weighted by atomic mass is 9.94. The molecule has 0 bridgehead atoms. The monoisotopic (exact) mass is 242 g/mol. The van der Waals surface area contributed by atoms with E-state index in [9.17, 15) is 4.79 Å². The third kappa shape index (κ3) is 2.14. The number of carboxylic acids is 1. The van der Waals surface area contributed by atoms with Gasteiger partial charge in [0.2, 0.25) is 0 Å². The van der Waals surface area contributed by atoms with Crippen LogP contribution in [0.5, 0.6) is 5.75 Å². The van der Waals surface area contributed by atoms with E-state index >= 15 is 0 Å². The first-order valence-electron chi connectivity index (χ1n) is 4.96. The summed E-state index contributed by atoms with van der Waals surface area (Å²) in [7, 11) is 1.55. The molecule has 0 saturated carbocycles. The summed E-state index contributed by atoms with van der Waals surface area (Å²) in [6.07, 6.45) is 0. The quantitative estimate of drug-likeness (QED) is 0.886. The molecule has 1 atom stereocenters. The summed E-state index contributed by atoms with van der Waals surface area (Å²) in [5.74, 6) is -0.814. The van der Waals surface area contributed by atoms with E-state index in [0.29, 0.717) is 10.8 Å². The molecule has 0 spiro atoms. The van der Waals surface area contributed by atoms with Crippen LogP contribution in [-0.2, 0) is 4.79 Å². The zero-order valence-electron chi connectivity index (χ0n) is 9.80. The first-order valence-corrected chi connectivity index (χ1v) is 5.34. The Hall–Kier alpha value is -1.22. The Bertz CT molecular complexity index is 427. The highest BCUT2D eigenvalue weighted by atomic mass is 35.5. The molecule has 1 rings (SSSR count). The molecule has 0 aromatic heterocycles. The standard InChI is InChI=1S/C12H15ClO3/c1-6-5-9(8(3)12(14)15)7(2)10(13)11(6)16-4/h5,8H,1-4H3,(H,14,15). The fourth-order valence-corrected chi connectivity index (χ4v) is 2.05. The van der Waals surface area contributed by atoms with Crippen molar-refractivity contribution in [2.24, 2.45) is 0 Å². The van der Waals surface area contributed by atoms with Crippen LogP contribution in [-0.4, -0.2) is 18.2 Å². The van der Waals surface area contributed by atoms with Gasteiger partial charge in [-0.3, -0.25) is 4.79 Å². The molecular weight excluding hydrogens is 228 g/mol. The van der Waals surface area contributed by atoms with Gasteiger partial charge in [0.1, 0.15) is 5.75 Å². The smallest absolute Gasteiger partial charge is 0.310 e. The Morgan fingerprint density at radius 3 is 2.50 bits per heavy atom. The molecule has 1 aromatic rings. The van der Waals surface area contributed by atoms with Crippen LogP contribution in [0.15, 0.2) is 6.07 Å². The maximum absolute atomic E-state index is 11.0. The zero-order valence-corrected chi connectivity index (χ0v) is 10.6. The third-order valence-corrected chi connectivity index (χ3v) is 3.19. The lowest BCUT2D eigenvalue weighted by Gasteiger charge is -2.16. The number of carbonyl (C=O) groups is 1. The van der Waals surface area contributed by atoms with E-state index in [1.165, 1.54) is 0 Å². The van der Waals surface area contributed by atoms with Crippen LogP contribution in [0.2, 0.25) is 5.02 Å². The summed E-state index contributed by atoms with van der Waals surface area (Å²) in [6, 6.07) is 1.82. The van der Waals surface area contributed by atoms with E-state index in [4.69, 9.17) is 21.4 Å². The van der Waals surface area contributed by atoms with Crippen molar-refractivity contribution in [1.82, 2.24) is 0 Å². The number of hydrogen-bond acceptors (Lipinski definition) is 2. The molecule has 1 N–H and O–H groups in total. The summed E-state index contributed by atoms with van der Waals surface area (Å²) in [6.45, 7) is 5.30. The minimum Gasteiger partial charge on any atom is -0.495 e. The molecule has 3 nitrogen and oxygen atoms in total. The van der Waals surface area contributed by atoms with E-state index < -0.39 is 11.9 Å². The summed E-state index contributed by atoms with van der Waals surface area (Å²) < 4.78 is 5.17. The highest BCUT2D eigenvalue weighted by Crippen LogP contribution is 2.36.